The Hall–Kier alpha value is 0.491. The molecular formula is C19H40O4Si3. The van der Waals surface area contributed by atoms with Gasteiger partial charge in [-0.25, -0.2) is 0 Å². The molecule has 2 bridgehead atoms. The maximum absolute atomic E-state index is 6.98. The standard InChI is InChI=1S/C19H40O4Si3/c1-24(2,13-7-12-20-15-18-16-21-18)22-26(5,6)23-25(3,4)19-10-8-17(14-19)9-11-19/h17-18H,7-16H2,1-6H3. The Morgan fingerprint density at radius 2 is 1.65 bits per heavy atom. The molecule has 1 atom stereocenters. The fourth-order valence-corrected chi connectivity index (χ4v) is 20.8. The molecule has 1 heterocycles. The summed E-state index contributed by atoms with van der Waals surface area (Å²) >= 11 is 0. The normalized spacial score (nSPS) is 31.6. The van der Waals surface area contributed by atoms with E-state index in [0.717, 1.165) is 38.2 Å². The molecule has 1 unspecified atom stereocenters. The highest BCUT2D eigenvalue weighted by Crippen LogP contribution is 2.64. The van der Waals surface area contributed by atoms with Crippen molar-refractivity contribution in [3.05, 3.63) is 0 Å². The van der Waals surface area contributed by atoms with E-state index in [9.17, 15) is 0 Å². The molecule has 2 aliphatic carbocycles. The first kappa shape index (κ1) is 21.2. The molecule has 1 saturated heterocycles. The highest BCUT2D eigenvalue weighted by atomic mass is 28.5. The summed E-state index contributed by atoms with van der Waals surface area (Å²) in [7, 11) is -5.56. The van der Waals surface area contributed by atoms with Gasteiger partial charge in [-0.1, -0.05) is 12.8 Å². The highest BCUT2D eigenvalue weighted by molar-refractivity contribution is 6.88. The van der Waals surface area contributed by atoms with Crippen molar-refractivity contribution in [2.24, 2.45) is 5.92 Å². The van der Waals surface area contributed by atoms with Crippen LogP contribution in [-0.2, 0) is 17.7 Å². The Balaban J connectivity index is 1.46. The zero-order valence-electron chi connectivity index (χ0n) is 17.9. The van der Waals surface area contributed by atoms with E-state index in [1.54, 1.807) is 0 Å². The fourth-order valence-electron chi connectivity index (χ4n) is 5.48. The molecule has 0 aromatic rings. The van der Waals surface area contributed by atoms with E-state index in [1.807, 2.05) is 0 Å². The van der Waals surface area contributed by atoms with Crippen molar-refractivity contribution in [2.45, 2.75) is 95.0 Å². The zero-order chi connectivity index (χ0) is 19.1. The van der Waals surface area contributed by atoms with Crippen LogP contribution in [-0.4, -0.2) is 51.1 Å². The van der Waals surface area contributed by atoms with Gasteiger partial charge in [0, 0.05) is 6.61 Å². The molecule has 3 fully saturated rings. The number of ether oxygens (including phenoxy) is 2. The molecule has 2 saturated carbocycles. The van der Waals surface area contributed by atoms with E-state index in [-0.39, 0.29) is 0 Å². The van der Waals surface area contributed by atoms with Crippen molar-refractivity contribution in [1.82, 2.24) is 0 Å². The van der Waals surface area contributed by atoms with Crippen molar-refractivity contribution in [3.63, 3.8) is 0 Å². The Labute approximate surface area is 163 Å². The largest absolute Gasteiger partial charge is 0.437 e. The number of rotatable bonds is 11. The number of epoxide rings is 1. The van der Waals surface area contributed by atoms with Crippen molar-refractivity contribution >= 4 is 25.2 Å². The number of hydrogen-bond acceptors (Lipinski definition) is 4. The van der Waals surface area contributed by atoms with E-state index in [1.165, 1.54) is 32.1 Å². The molecule has 0 amide bonds. The topological polar surface area (TPSA) is 40.2 Å². The molecule has 0 spiro atoms. The van der Waals surface area contributed by atoms with Gasteiger partial charge in [-0.05, 0) is 82.0 Å². The van der Waals surface area contributed by atoms with Crippen molar-refractivity contribution in [2.75, 3.05) is 19.8 Å². The van der Waals surface area contributed by atoms with Crippen LogP contribution >= 0.6 is 0 Å². The summed E-state index contributed by atoms with van der Waals surface area (Å²) in [6.07, 6.45) is 8.58. The molecule has 3 aliphatic rings. The molecule has 7 heteroatoms. The van der Waals surface area contributed by atoms with Crippen molar-refractivity contribution in [3.8, 4) is 0 Å². The van der Waals surface area contributed by atoms with Gasteiger partial charge in [0.1, 0.15) is 6.10 Å². The van der Waals surface area contributed by atoms with Crippen LogP contribution in [0.1, 0.15) is 38.5 Å². The van der Waals surface area contributed by atoms with Crippen molar-refractivity contribution in [1.29, 1.82) is 0 Å². The predicted molar refractivity (Wildman–Crippen MR) is 114 cm³/mol. The molecule has 26 heavy (non-hydrogen) atoms. The molecule has 0 aromatic carbocycles. The minimum atomic E-state index is -2.10. The minimum Gasteiger partial charge on any atom is -0.437 e. The number of fused-ring (bicyclic) bond motifs is 2. The van der Waals surface area contributed by atoms with Gasteiger partial charge in [0.15, 0.2) is 16.6 Å². The molecule has 152 valence electrons. The third kappa shape index (κ3) is 5.30. The lowest BCUT2D eigenvalue weighted by Crippen LogP contribution is -2.56. The lowest BCUT2D eigenvalue weighted by atomic mass is 10.0. The first-order valence-corrected chi connectivity index (χ1v) is 19.5. The van der Waals surface area contributed by atoms with Gasteiger partial charge in [-0.3, -0.25) is 0 Å². The van der Waals surface area contributed by atoms with Gasteiger partial charge in [-0.2, -0.15) is 0 Å². The summed E-state index contributed by atoms with van der Waals surface area (Å²) < 4.78 is 24.6. The zero-order valence-corrected chi connectivity index (χ0v) is 20.9. The molecular weight excluding hydrogens is 376 g/mol. The van der Waals surface area contributed by atoms with Crippen LogP contribution < -0.4 is 0 Å². The first-order chi connectivity index (χ1) is 12.0. The van der Waals surface area contributed by atoms with E-state index in [4.69, 9.17) is 17.7 Å². The van der Waals surface area contributed by atoms with Gasteiger partial charge >= 0.3 is 8.56 Å². The summed E-state index contributed by atoms with van der Waals surface area (Å²) in [5.41, 5.74) is 0. The van der Waals surface area contributed by atoms with Crippen LogP contribution in [0.2, 0.25) is 50.4 Å². The maximum atomic E-state index is 6.98. The summed E-state index contributed by atoms with van der Waals surface area (Å²) in [5.74, 6) is 0.989. The van der Waals surface area contributed by atoms with E-state index < -0.39 is 25.2 Å². The summed E-state index contributed by atoms with van der Waals surface area (Å²) in [4.78, 5) is 0. The van der Waals surface area contributed by atoms with E-state index in [2.05, 4.69) is 39.3 Å². The Bertz CT molecular complexity index is 483. The quantitative estimate of drug-likeness (QED) is 0.261. The average molecular weight is 417 g/mol. The molecule has 1 aliphatic heterocycles. The summed E-state index contributed by atoms with van der Waals surface area (Å²) in [6.45, 7) is 16.7. The molecule has 0 aromatic heterocycles. The SMILES string of the molecule is C[Si](C)(CCCOCC1CO1)O[Si](C)(C)O[Si](C)(C)C12CCC(CC1)C2. The lowest BCUT2D eigenvalue weighted by Gasteiger charge is -2.46. The molecule has 0 N–H and O–H groups in total. The molecule has 0 radical (unpaired) electrons. The predicted octanol–water partition coefficient (Wildman–Crippen LogP) is 5.27. The smallest absolute Gasteiger partial charge is 0.311 e. The van der Waals surface area contributed by atoms with Gasteiger partial charge in [0.25, 0.3) is 0 Å². The van der Waals surface area contributed by atoms with Crippen LogP contribution in [0.5, 0.6) is 0 Å². The molecule has 3 rings (SSSR count). The van der Waals surface area contributed by atoms with Gasteiger partial charge in [0.05, 0.1) is 13.2 Å². The number of hydrogen-bond donors (Lipinski definition) is 0. The fraction of sp³-hybridized carbons (Fsp3) is 1.00. The van der Waals surface area contributed by atoms with Crippen LogP contribution in [0.4, 0.5) is 0 Å². The third-order valence-electron chi connectivity index (χ3n) is 6.82. The third-order valence-corrected chi connectivity index (χ3v) is 19.8. The summed E-state index contributed by atoms with van der Waals surface area (Å²) in [6, 6.07) is 1.15. The van der Waals surface area contributed by atoms with Crippen LogP contribution in [0.15, 0.2) is 0 Å². The Kier molecular flexibility index (Phi) is 6.30. The second-order valence-corrected chi connectivity index (χ2v) is 23.0. The monoisotopic (exact) mass is 416 g/mol. The highest BCUT2D eigenvalue weighted by Gasteiger charge is 2.57. The van der Waals surface area contributed by atoms with Crippen LogP contribution in [0.3, 0.4) is 0 Å². The second kappa shape index (κ2) is 7.72. The first-order valence-electron chi connectivity index (χ1n) is 10.6. The van der Waals surface area contributed by atoms with Gasteiger partial charge < -0.3 is 17.7 Å². The maximum Gasteiger partial charge on any atom is 0.311 e. The van der Waals surface area contributed by atoms with Crippen LogP contribution in [0.25, 0.3) is 0 Å². The minimum absolute atomic E-state index is 0.369. The van der Waals surface area contributed by atoms with Crippen LogP contribution in [0, 0.1) is 5.92 Å². The average Bonchev–Trinajstić information content (AvgIpc) is 3.07. The Morgan fingerprint density at radius 3 is 2.19 bits per heavy atom. The molecule has 4 nitrogen and oxygen atoms in total. The lowest BCUT2D eigenvalue weighted by molar-refractivity contribution is 0.116. The van der Waals surface area contributed by atoms with Gasteiger partial charge in [-0.15, -0.1) is 0 Å². The van der Waals surface area contributed by atoms with Gasteiger partial charge in [0.2, 0.25) is 0 Å². The second-order valence-electron chi connectivity index (χ2n) is 10.4. The van der Waals surface area contributed by atoms with E-state index >= 15 is 0 Å². The summed E-state index contributed by atoms with van der Waals surface area (Å²) in [5, 5.41) is 0.537. The van der Waals surface area contributed by atoms with E-state index in [0.29, 0.717) is 11.1 Å². The Morgan fingerprint density at radius 1 is 1.00 bits per heavy atom. The van der Waals surface area contributed by atoms with Crippen molar-refractivity contribution < 1.29 is 17.7 Å².